The second-order valence-electron chi connectivity index (χ2n) is 5.56. The molecule has 1 nitrogen and oxygen atoms in total. The Kier molecular flexibility index (Phi) is 4.04. The standard InChI is InChI=1S/C14H23NS/c1-10-6-11(2)8-14(7-10)15-12(3)13-4-5-16-9-13/h4-5,9-12,14-15H,6-8H2,1-3H3. The summed E-state index contributed by atoms with van der Waals surface area (Å²) >= 11 is 1.79. The minimum Gasteiger partial charge on any atom is -0.307 e. The molecule has 1 aliphatic carbocycles. The summed E-state index contributed by atoms with van der Waals surface area (Å²) in [6, 6.07) is 3.46. The quantitative estimate of drug-likeness (QED) is 0.830. The number of hydrogen-bond acceptors (Lipinski definition) is 2. The van der Waals surface area contributed by atoms with Crippen LogP contribution in [-0.4, -0.2) is 6.04 Å². The summed E-state index contributed by atoms with van der Waals surface area (Å²) < 4.78 is 0. The second-order valence-corrected chi connectivity index (χ2v) is 6.34. The maximum absolute atomic E-state index is 3.79. The molecule has 2 heteroatoms. The zero-order valence-electron chi connectivity index (χ0n) is 10.6. The van der Waals surface area contributed by atoms with Gasteiger partial charge in [0.1, 0.15) is 0 Å². The zero-order chi connectivity index (χ0) is 11.5. The lowest BCUT2D eigenvalue weighted by Crippen LogP contribution is -2.37. The molecule has 0 bridgehead atoms. The lowest BCUT2D eigenvalue weighted by Gasteiger charge is -2.33. The highest BCUT2D eigenvalue weighted by Gasteiger charge is 2.24. The first-order chi connectivity index (χ1) is 7.65. The topological polar surface area (TPSA) is 12.0 Å². The second kappa shape index (κ2) is 5.33. The van der Waals surface area contributed by atoms with Crippen LogP contribution in [-0.2, 0) is 0 Å². The van der Waals surface area contributed by atoms with Gasteiger partial charge in [0.15, 0.2) is 0 Å². The van der Waals surface area contributed by atoms with Crippen molar-refractivity contribution in [1.82, 2.24) is 5.32 Å². The molecule has 0 saturated heterocycles. The van der Waals surface area contributed by atoms with Gasteiger partial charge >= 0.3 is 0 Å². The maximum Gasteiger partial charge on any atom is 0.0302 e. The monoisotopic (exact) mass is 237 g/mol. The van der Waals surface area contributed by atoms with Crippen molar-refractivity contribution in [2.75, 3.05) is 0 Å². The van der Waals surface area contributed by atoms with E-state index in [1.54, 1.807) is 11.3 Å². The largest absolute Gasteiger partial charge is 0.307 e. The summed E-state index contributed by atoms with van der Waals surface area (Å²) in [4.78, 5) is 0. The molecule has 1 aliphatic rings. The van der Waals surface area contributed by atoms with Gasteiger partial charge in [-0.05, 0) is 60.4 Å². The summed E-state index contributed by atoms with van der Waals surface area (Å²) in [5.74, 6) is 1.77. The molecule has 1 aromatic heterocycles. The van der Waals surface area contributed by atoms with Gasteiger partial charge in [-0.1, -0.05) is 13.8 Å². The predicted molar refractivity (Wildman–Crippen MR) is 71.8 cm³/mol. The van der Waals surface area contributed by atoms with Gasteiger partial charge in [0.25, 0.3) is 0 Å². The number of nitrogens with one attached hydrogen (secondary N) is 1. The Morgan fingerprint density at radius 3 is 2.50 bits per heavy atom. The van der Waals surface area contributed by atoms with E-state index in [-0.39, 0.29) is 0 Å². The van der Waals surface area contributed by atoms with Crippen LogP contribution in [0.4, 0.5) is 0 Å². The molecule has 0 radical (unpaired) electrons. The van der Waals surface area contributed by atoms with Crippen molar-refractivity contribution in [1.29, 1.82) is 0 Å². The van der Waals surface area contributed by atoms with E-state index in [9.17, 15) is 0 Å². The molecule has 0 aliphatic heterocycles. The van der Waals surface area contributed by atoms with Gasteiger partial charge in [-0.3, -0.25) is 0 Å². The van der Waals surface area contributed by atoms with Gasteiger partial charge in [-0.2, -0.15) is 11.3 Å². The van der Waals surface area contributed by atoms with Crippen LogP contribution in [0.3, 0.4) is 0 Å². The van der Waals surface area contributed by atoms with E-state index < -0.39 is 0 Å². The molecule has 0 amide bonds. The van der Waals surface area contributed by atoms with Crippen molar-refractivity contribution in [3.8, 4) is 0 Å². The summed E-state index contributed by atoms with van der Waals surface area (Å²) in [7, 11) is 0. The highest BCUT2D eigenvalue weighted by Crippen LogP contribution is 2.30. The number of thiophene rings is 1. The van der Waals surface area contributed by atoms with Crippen LogP contribution in [0.2, 0.25) is 0 Å². The highest BCUT2D eigenvalue weighted by atomic mass is 32.1. The van der Waals surface area contributed by atoms with Gasteiger partial charge < -0.3 is 5.32 Å². The van der Waals surface area contributed by atoms with E-state index in [1.807, 2.05) is 0 Å². The van der Waals surface area contributed by atoms with Gasteiger partial charge in [-0.15, -0.1) is 0 Å². The summed E-state index contributed by atoms with van der Waals surface area (Å²) in [5, 5.41) is 8.21. The lowest BCUT2D eigenvalue weighted by atomic mass is 9.80. The average Bonchev–Trinajstić information content (AvgIpc) is 2.68. The molecule has 1 N–H and O–H groups in total. The van der Waals surface area contributed by atoms with Crippen LogP contribution < -0.4 is 5.32 Å². The molecule has 1 heterocycles. The Hall–Kier alpha value is -0.340. The van der Waals surface area contributed by atoms with Crippen molar-refractivity contribution in [2.45, 2.75) is 52.1 Å². The molecular formula is C14H23NS. The minimum absolute atomic E-state index is 0.508. The van der Waals surface area contributed by atoms with Crippen molar-refractivity contribution in [3.05, 3.63) is 22.4 Å². The zero-order valence-corrected chi connectivity index (χ0v) is 11.4. The van der Waals surface area contributed by atoms with E-state index >= 15 is 0 Å². The first kappa shape index (κ1) is 12.1. The first-order valence-electron chi connectivity index (χ1n) is 6.43. The molecule has 3 atom stereocenters. The van der Waals surface area contributed by atoms with Gasteiger partial charge in [0, 0.05) is 12.1 Å². The van der Waals surface area contributed by atoms with Crippen LogP contribution >= 0.6 is 11.3 Å². The van der Waals surface area contributed by atoms with Gasteiger partial charge in [0.05, 0.1) is 0 Å². The third kappa shape index (κ3) is 3.08. The molecule has 3 unspecified atom stereocenters. The smallest absolute Gasteiger partial charge is 0.0302 e. The molecule has 0 aromatic carbocycles. The predicted octanol–water partition coefficient (Wildman–Crippen LogP) is 4.22. The Morgan fingerprint density at radius 1 is 1.25 bits per heavy atom. The molecule has 90 valence electrons. The fourth-order valence-corrected chi connectivity index (χ4v) is 3.81. The third-order valence-corrected chi connectivity index (χ3v) is 4.41. The molecule has 16 heavy (non-hydrogen) atoms. The summed E-state index contributed by atoms with van der Waals surface area (Å²) in [5.41, 5.74) is 1.44. The van der Waals surface area contributed by atoms with E-state index in [0.717, 1.165) is 11.8 Å². The van der Waals surface area contributed by atoms with Gasteiger partial charge in [0.2, 0.25) is 0 Å². The Morgan fingerprint density at radius 2 is 1.94 bits per heavy atom. The Labute approximate surface area is 103 Å². The van der Waals surface area contributed by atoms with E-state index in [0.29, 0.717) is 12.1 Å². The van der Waals surface area contributed by atoms with Crippen molar-refractivity contribution < 1.29 is 0 Å². The summed E-state index contributed by atoms with van der Waals surface area (Å²) in [6.45, 7) is 7.06. The van der Waals surface area contributed by atoms with Crippen molar-refractivity contribution in [3.63, 3.8) is 0 Å². The molecular weight excluding hydrogens is 214 g/mol. The third-order valence-electron chi connectivity index (χ3n) is 3.71. The molecule has 1 saturated carbocycles. The molecule has 0 spiro atoms. The Balaban J connectivity index is 1.89. The minimum atomic E-state index is 0.508. The SMILES string of the molecule is CC1CC(C)CC(NC(C)c2ccsc2)C1. The number of hydrogen-bond donors (Lipinski definition) is 1. The fourth-order valence-electron chi connectivity index (χ4n) is 3.05. The maximum atomic E-state index is 3.79. The lowest BCUT2D eigenvalue weighted by molar-refractivity contribution is 0.228. The fraction of sp³-hybridized carbons (Fsp3) is 0.714. The van der Waals surface area contributed by atoms with Crippen molar-refractivity contribution >= 4 is 11.3 Å². The van der Waals surface area contributed by atoms with Crippen LogP contribution in [0.15, 0.2) is 16.8 Å². The van der Waals surface area contributed by atoms with E-state index in [4.69, 9.17) is 0 Å². The molecule has 1 fully saturated rings. The summed E-state index contributed by atoms with van der Waals surface area (Å²) in [6.07, 6.45) is 4.10. The van der Waals surface area contributed by atoms with Crippen LogP contribution in [0.25, 0.3) is 0 Å². The normalized spacial score (nSPS) is 32.6. The first-order valence-corrected chi connectivity index (χ1v) is 7.37. The average molecular weight is 237 g/mol. The van der Waals surface area contributed by atoms with Crippen LogP contribution in [0.1, 0.15) is 51.6 Å². The number of rotatable bonds is 3. The highest BCUT2D eigenvalue weighted by molar-refractivity contribution is 7.07. The molecule has 2 rings (SSSR count). The Bertz CT molecular complexity index is 297. The van der Waals surface area contributed by atoms with Crippen LogP contribution in [0.5, 0.6) is 0 Å². The van der Waals surface area contributed by atoms with Crippen molar-refractivity contribution in [2.24, 2.45) is 11.8 Å². The van der Waals surface area contributed by atoms with E-state index in [1.165, 1.54) is 24.8 Å². The molecule has 1 aromatic rings. The van der Waals surface area contributed by atoms with Gasteiger partial charge in [-0.25, -0.2) is 0 Å². The van der Waals surface area contributed by atoms with Crippen LogP contribution in [0, 0.1) is 11.8 Å². The van der Waals surface area contributed by atoms with E-state index in [2.05, 4.69) is 42.9 Å².